The third-order valence-electron chi connectivity index (χ3n) is 3.77. The van der Waals surface area contributed by atoms with E-state index in [4.69, 9.17) is 14.2 Å². The summed E-state index contributed by atoms with van der Waals surface area (Å²) >= 11 is 0. The van der Waals surface area contributed by atoms with Crippen LogP contribution < -0.4 is 9.47 Å². The third kappa shape index (κ3) is 3.61. The van der Waals surface area contributed by atoms with Crippen LogP contribution in [0.3, 0.4) is 0 Å². The molecular formula is C20H16O5. The number of carbonyl (C=O) groups excluding carboxylic acids is 2. The largest absolute Gasteiger partial charge is 0.497 e. The van der Waals surface area contributed by atoms with Crippen LogP contribution in [0.2, 0.25) is 0 Å². The monoisotopic (exact) mass is 336 g/mol. The summed E-state index contributed by atoms with van der Waals surface area (Å²) < 4.78 is 15.0. The fraction of sp³-hybridized carbons (Fsp3) is 0.100. The summed E-state index contributed by atoms with van der Waals surface area (Å²) in [6.07, 6.45) is 3.25. The lowest BCUT2D eigenvalue weighted by Crippen LogP contribution is -1.97. The van der Waals surface area contributed by atoms with Crippen LogP contribution >= 0.6 is 0 Å². The Balaban J connectivity index is 1.97. The summed E-state index contributed by atoms with van der Waals surface area (Å²) in [7, 11) is 3.16. The number of ether oxygens (including phenoxy) is 3. The van der Waals surface area contributed by atoms with Crippen molar-refractivity contribution in [2.75, 3.05) is 14.2 Å². The van der Waals surface area contributed by atoms with E-state index in [0.29, 0.717) is 11.5 Å². The average Bonchev–Trinajstić information content (AvgIpc) is 2.90. The first-order valence-electron chi connectivity index (χ1n) is 7.59. The van der Waals surface area contributed by atoms with Gasteiger partial charge in [-0.05, 0) is 47.5 Å². The van der Waals surface area contributed by atoms with E-state index >= 15 is 0 Å². The molecule has 1 aliphatic heterocycles. The Labute approximate surface area is 145 Å². The summed E-state index contributed by atoms with van der Waals surface area (Å²) in [5, 5.41) is 0. The maximum atomic E-state index is 12.0. The molecule has 3 rings (SSSR count). The molecule has 0 aromatic heterocycles. The minimum absolute atomic E-state index is 0.228. The quantitative estimate of drug-likeness (QED) is 0.487. The van der Waals surface area contributed by atoms with E-state index < -0.39 is 11.9 Å². The van der Waals surface area contributed by atoms with Crippen molar-refractivity contribution in [1.29, 1.82) is 0 Å². The van der Waals surface area contributed by atoms with E-state index in [1.165, 1.54) is 0 Å². The molecule has 0 N–H and O–H groups in total. The fourth-order valence-electron chi connectivity index (χ4n) is 2.42. The summed E-state index contributed by atoms with van der Waals surface area (Å²) in [6.45, 7) is 0. The lowest BCUT2D eigenvalue weighted by atomic mass is 10.0. The Bertz CT molecular complexity index is 784. The smallest absolute Gasteiger partial charge is 0.346 e. The van der Waals surface area contributed by atoms with Gasteiger partial charge in [-0.1, -0.05) is 24.3 Å². The molecule has 2 aromatic rings. The highest BCUT2D eigenvalue weighted by atomic mass is 16.6. The zero-order valence-corrected chi connectivity index (χ0v) is 13.8. The van der Waals surface area contributed by atoms with Gasteiger partial charge in [0.2, 0.25) is 0 Å². The second-order valence-corrected chi connectivity index (χ2v) is 5.34. The van der Waals surface area contributed by atoms with E-state index in [9.17, 15) is 9.59 Å². The van der Waals surface area contributed by atoms with Crippen molar-refractivity contribution in [3.63, 3.8) is 0 Å². The van der Waals surface area contributed by atoms with E-state index in [2.05, 4.69) is 0 Å². The Morgan fingerprint density at radius 1 is 0.680 bits per heavy atom. The number of benzene rings is 2. The molecule has 126 valence electrons. The molecule has 25 heavy (non-hydrogen) atoms. The molecule has 5 heteroatoms. The summed E-state index contributed by atoms with van der Waals surface area (Å²) in [5.74, 6) is 0.114. The molecule has 0 saturated carbocycles. The van der Waals surface area contributed by atoms with Crippen LogP contribution in [-0.4, -0.2) is 26.2 Å². The highest BCUT2D eigenvalue weighted by Gasteiger charge is 2.33. The number of hydrogen-bond acceptors (Lipinski definition) is 5. The third-order valence-corrected chi connectivity index (χ3v) is 3.77. The zero-order valence-electron chi connectivity index (χ0n) is 13.8. The standard InChI is InChI=1S/C20H16O5/c1-23-15-7-3-13(4-8-15)11-17-18(20(22)25-19(17)21)12-14-5-9-16(24-2)10-6-14/h3-12H,1-2H3/b17-11+,18-12+. The summed E-state index contributed by atoms with van der Waals surface area (Å²) in [6, 6.07) is 14.3. The minimum Gasteiger partial charge on any atom is -0.497 e. The minimum atomic E-state index is -0.652. The lowest BCUT2D eigenvalue weighted by molar-refractivity contribution is -0.149. The maximum Gasteiger partial charge on any atom is 0.346 e. The van der Waals surface area contributed by atoms with Crippen molar-refractivity contribution in [3.05, 3.63) is 70.8 Å². The highest BCUT2D eigenvalue weighted by molar-refractivity contribution is 6.22. The van der Waals surface area contributed by atoms with Gasteiger partial charge in [-0.15, -0.1) is 0 Å². The van der Waals surface area contributed by atoms with Gasteiger partial charge in [0.25, 0.3) is 0 Å². The van der Waals surface area contributed by atoms with Gasteiger partial charge in [-0.2, -0.15) is 0 Å². The Hall–Kier alpha value is -3.34. The van der Waals surface area contributed by atoms with Gasteiger partial charge in [0.05, 0.1) is 25.4 Å². The van der Waals surface area contributed by atoms with Crippen LogP contribution in [0.15, 0.2) is 59.7 Å². The van der Waals surface area contributed by atoms with E-state index in [1.807, 2.05) is 0 Å². The number of esters is 2. The van der Waals surface area contributed by atoms with Gasteiger partial charge in [0, 0.05) is 0 Å². The normalized spacial score (nSPS) is 17.0. The van der Waals surface area contributed by atoms with Crippen molar-refractivity contribution >= 4 is 24.1 Å². The Kier molecular flexibility index (Phi) is 4.66. The van der Waals surface area contributed by atoms with Gasteiger partial charge in [0.15, 0.2) is 0 Å². The Morgan fingerprint density at radius 3 is 1.36 bits per heavy atom. The first-order valence-corrected chi connectivity index (χ1v) is 7.59. The van der Waals surface area contributed by atoms with Crippen molar-refractivity contribution in [2.24, 2.45) is 0 Å². The number of methoxy groups -OCH3 is 2. The molecule has 5 nitrogen and oxygen atoms in total. The van der Waals surface area contributed by atoms with Crippen molar-refractivity contribution < 1.29 is 23.8 Å². The molecule has 2 aromatic carbocycles. The summed E-state index contributed by atoms with van der Waals surface area (Å²) in [5.41, 5.74) is 1.99. The number of cyclic esters (lactones) is 2. The van der Waals surface area contributed by atoms with Gasteiger partial charge in [-0.25, -0.2) is 9.59 Å². The van der Waals surface area contributed by atoms with E-state index in [-0.39, 0.29) is 11.1 Å². The number of carbonyl (C=O) groups is 2. The molecule has 0 aliphatic carbocycles. The van der Waals surface area contributed by atoms with Crippen LogP contribution in [0.4, 0.5) is 0 Å². The SMILES string of the molecule is COc1ccc(/C=C2/C(=O)OC(=O)/C2=C/c2ccc(OC)cc2)cc1. The van der Waals surface area contributed by atoms with E-state index in [1.54, 1.807) is 74.9 Å². The van der Waals surface area contributed by atoms with Crippen LogP contribution in [0.5, 0.6) is 11.5 Å². The molecule has 0 amide bonds. The van der Waals surface area contributed by atoms with Crippen LogP contribution in [0.1, 0.15) is 11.1 Å². The van der Waals surface area contributed by atoms with Crippen LogP contribution in [0, 0.1) is 0 Å². The molecule has 1 aliphatic rings. The van der Waals surface area contributed by atoms with Crippen LogP contribution in [-0.2, 0) is 14.3 Å². The van der Waals surface area contributed by atoms with Gasteiger partial charge < -0.3 is 14.2 Å². The van der Waals surface area contributed by atoms with Crippen molar-refractivity contribution in [3.8, 4) is 11.5 Å². The predicted molar refractivity (Wildman–Crippen MR) is 93.0 cm³/mol. The molecule has 0 unspecified atom stereocenters. The van der Waals surface area contributed by atoms with E-state index in [0.717, 1.165) is 11.1 Å². The van der Waals surface area contributed by atoms with Crippen molar-refractivity contribution in [2.45, 2.75) is 0 Å². The van der Waals surface area contributed by atoms with Gasteiger partial charge in [0.1, 0.15) is 11.5 Å². The Morgan fingerprint density at radius 2 is 1.04 bits per heavy atom. The molecular weight excluding hydrogens is 320 g/mol. The molecule has 0 bridgehead atoms. The number of hydrogen-bond donors (Lipinski definition) is 0. The topological polar surface area (TPSA) is 61.8 Å². The summed E-state index contributed by atoms with van der Waals surface area (Å²) in [4.78, 5) is 24.0. The molecule has 0 atom stereocenters. The van der Waals surface area contributed by atoms with Crippen LogP contribution in [0.25, 0.3) is 12.2 Å². The predicted octanol–water partition coefficient (Wildman–Crippen LogP) is 3.25. The van der Waals surface area contributed by atoms with Gasteiger partial charge >= 0.3 is 11.9 Å². The van der Waals surface area contributed by atoms with Gasteiger partial charge in [-0.3, -0.25) is 0 Å². The zero-order chi connectivity index (χ0) is 17.8. The number of rotatable bonds is 4. The molecule has 0 radical (unpaired) electrons. The molecule has 0 spiro atoms. The van der Waals surface area contributed by atoms with Crippen molar-refractivity contribution in [1.82, 2.24) is 0 Å². The highest BCUT2D eigenvalue weighted by Crippen LogP contribution is 2.27. The average molecular weight is 336 g/mol. The fourth-order valence-corrected chi connectivity index (χ4v) is 2.42. The molecule has 1 fully saturated rings. The molecule has 1 saturated heterocycles. The second kappa shape index (κ2) is 7.05. The molecule has 1 heterocycles. The second-order valence-electron chi connectivity index (χ2n) is 5.34. The maximum absolute atomic E-state index is 12.0. The first kappa shape index (κ1) is 16.5. The first-order chi connectivity index (χ1) is 12.1. The lowest BCUT2D eigenvalue weighted by Gasteiger charge is -2.01.